The van der Waals surface area contributed by atoms with E-state index in [-0.39, 0.29) is 18.4 Å². The summed E-state index contributed by atoms with van der Waals surface area (Å²) in [5, 5.41) is 5.38. The predicted molar refractivity (Wildman–Crippen MR) is 118 cm³/mol. The van der Waals surface area contributed by atoms with E-state index >= 15 is 0 Å². The van der Waals surface area contributed by atoms with Gasteiger partial charge in [-0.15, -0.1) is 0 Å². The van der Waals surface area contributed by atoms with Crippen molar-refractivity contribution in [3.8, 4) is 23.0 Å². The highest BCUT2D eigenvalue weighted by Gasteiger charge is 2.13. The number of hydrogen-bond donors (Lipinski definition) is 2. The Morgan fingerprint density at radius 3 is 2.10 bits per heavy atom. The molecule has 0 aliphatic heterocycles. The number of ether oxygens (including phenoxy) is 3. The van der Waals surface area contributed by atoms with Crippen LogP contribution in [0.2, 0.25) is 0 Å². The molecule has 31 heavy (non-hydrogen) atoms. The summed E-state index contributed by atoms with van der Waals surface area (Å²) in [6, 6.07) is 19.5. The average Bonchev–Trinajstić information content (AvgIpc) is 2.79. The Balaban J connectivity index is 1.55. The van der Waals surface area contributed by atoms with Crippen molar-refractivity contribution in [1.82, 2.24) is 5.32 Å². The van der Waals surface area contributed by atoms with E-state index in [1.54, 1.807) is 43.5 Å². The number of aryl methyl sites for hydroxylation is 1. The van der Waals surface area contributed by atoms with E-state index in [1.807, 2.05) is 37.3 Å². The monoisotopic (exact) mass is 420 g/mol. The molecule has 0 radical (unpaired) electrons. The van der Waals surface area contributed by atoms with Gasteiger partial charge in [0.15, 0.2) is 11.5 Å². The lowest BCUT2D eigenvalue weighted by Gasteiger charge is -2.14. The third-order valence-electron chi connectivity index (χ3n) is 4.51. The normalized spacial score (nSPS) is 10.2. The number of amides is 2. The molecule has 0 bridgehead atoms. The second-order valence-electron chi connectivity index (χ2n) is 6.69. The summed E-state index contributed by atoms with van der Waals surface area (Å²) in [6.07, 6.45) is 0. The Bertz CT molecular complexity index is 1050. The second kappa shape index (κ2) is 10.2. The SMILES string of the molecule is COc1cc(C)c(NC(=O)CNC(=O)c2ccc(Oc3ccccc3)cc2)cc1OC. The second-order valence-corrected chi connectivity index (χ2v) is 6.69. The molecule has 7 nitrogen and oxygen atoms in total. The molecule has 2 N–H and O–H groups in total. The summed E-state index contributed by atoms with van der Waals surface area (Å²) in [5.41, 5.74) is 1.82. The molecule has 2 amide bonds. The lowest BCUT2D eigenvalue weighted by Crippen LogP contribution is -2.33. The first-order valence-corrected chi connectivity index (χ1v) is 9.64. The van der Waals surface area contributed by atoms with Crippen LogP contribution in [0.25, 0.3) is 0 Å². The van der Waals surface area contributed by atoms with E-state index in [2.05, 4.69) is 10.6 Å². The molecule has 0 saturated heterocycles. The van der Waals surface area contributed by atoms with Gasteiger partial charge in [-0.05, 0) is 55.0 Å². The minimum atomic E-state index is -0.356. The predicted octanol–water partition coefficient (Wildman–Crippen LogP) is 4.17. The minimum Gasteiger partial charge on any atom is -0.493 e. The van der Waals surface area contributed by atoms with Crippen LogP contribution in [-0.2, 0) is 4.79 Å². The van der Waals surface area contributed by atoms with Gasteiger partial charge in [0.2, 0.25) is 5.91 Å². The van der Waals surface area contributed by atoms with Crippen molar-refractivity contribution >= 4 is 17.5 Å². The average molecular weight is 420 g/mol. The smallest absolute Gasteiger partial charge is 0.251 e. The fourth-order valence-electron chi connectivity index (χ4n) is 2.87. The van der Waals surface area contributed by atoms with Gasteiger partial charge in [-0.25, -0.2) is 0 Å². The van der Waals surface area contributed by atoms with Crippen LogP contribution in [0.15, 0.2) is 66.7 Å². The van der Waals surface area contributed by atoms with Gasteiger partial charge in [-0.1, -0.05) is 18.2 Å². The van der Waals surface area contributed by atoms with Crippen LogP contribution < -0.4 is 24.8 Å². The van der Waals surface area contributed by atoms with E-state index < -0.39 is 0 Å². The molecule has 3 aromatic carbocycles. The van der Waals surface area contributed by atoms with Gasteiger partial charge < -0.3 is 24.8 Å². The summed E-state index contributed by atoms with van der Waals surface area (Å²) in [4.78, 5) is 24.6. The van der Waals surface area contributed by atoms with Crippen LogP contribution in [0.3, 0.4) is 0 Å². The van der Waals surface area contributed by atoms with E-state index in [1.165, 1.54) is 7.11 Å². The molecule has 0 aliphatic carbocycles. The van der Waals surface area contributed by atoms with E-state index in [4.69, 9.17) is 14.2 Å². The van der Waals surface area contributed by atoms with Crippen molar-refractivity contribution in [2.45, 2.75) is 6.92 Å². The molecular formula is C24H24N2O5. The number of methoxy groups -OCH3 is 2. The molecule has 0 spiro atoms. The first kappa shape index (κ1) is 21.7. The first-order chi connectivity index (χ1) is 15.0. The number of hydrogen-bond acceptors (Lipinski definition) is 5. The van der Waals surface area contributed by atoms with Crippen LogP contribution in [0.1, 0.15) is 15.9 Å². The van der Waals surface area contributed by atoms with Crippen LogP contribution in [0.4, 0.5) is 5.69 Å². The Kier molecular flexibility index (Phi) is 7.11. The molecule has 0 atom stereocenters. The first-order valence-electron chi connectivity index (χ1n) is 9.64. The number of nitrogens with one attached hydrogen (secondary N) is 2. The van der Waals surface area contributed by atoms with Gasteiger partial charge in [-0.2, -0.15) is 0 Å². The summed E-state index contributed by atoms with van der Waals surface area (Å²) < 4.78 is 16.2. The molecule has 0 fully saturated rings. The van der Waals surface area contributed by atoms with Crippen LogP contribution in [0.5, 0.6) is 23.0 Å². The standard InChI is InChI=1S/C24H24N2O5/c1-16-13-21(29-2)22(30-3)14-20(16)26-23(27)15-25-24(28)17-9-11-19(12-10-17)31-18-7-5-4-6-8-18/h4-14H,15H2,1-3H3,(H,25,28)(H,26,27). The molecule has 7 heteroatoms. The zero-order valence-corrected chi connectivity index (χ0v) is 17.6. The van der Waals surface area contributed by atoms with E-state index in [0.717, 1.165) is 5.56 Å². The van der Waals surface area contributed by atoms with Gasteiger partial charge in [0, 0.05) is 17.3 Å². The number of carbonyl (C=O) groups is 2. The Morgan fingerprint density at radius 1 is 0.839 bits per heavy atom. The number of carbonyl (C=O) groups excluding carboxylic acids is 2. The molecular weight excluding hydrogens is 396 g/mol. The van der Waals surface area contributed by atoms with Crippen LogP contribution in [-0.4, -0.2) is 32.6 Å². The third kappa shape index (κ3) is 5.76. The topological polar surface area (TPSA) is 85.9 Å². The van der Waals surface area contributed by atoms with Crippen molar-refractivity contribution < 1.29 is 23.8 Å². The van der Waals surface area contributed by atoms with E-state index in [0.29, 0.717) is 34.2 Å². The molecule has 160 valence electrons. The molecule has 0 aromatic heterocycles. The highest BCUT2D eigenvalue weighted by Crippen LogP contribution is 2.32. The van der Waals surface area contributed by atoms with Crippen molar-refractivity contribution in [2.75, 3.05) is 26.1 Å². The Morgan fingerprint density at radius 2 is 1.45 bits per heavy atom. The minimum absolute atomic E-state index is 0.172. The lowest BCUT2D eigenvalue weighted by atomic mass is 10.1. The van der Waals surface area contributed by atoms with Gasteiger partial charge in [-0.3, -0.25) is 9.59 Å². The maximum atomic E-state index is 12.4. The molecule has 3 aromatic rings. The van der Waals surface area contributed by atoms with Crippen LogP contribution >= 0.6 is 0 Å². The quantitative estimate of drug-likeness (QED) is 0.571. The summed E-state index contributed by atoms with van der Waals surface area (Å²) in [5.74, 6) is 1.70. The summed E-state index contributed by atoms with van der Waals surface area (Å²) in [6.45, 7) is 1.67. The lowest BCUT2D eigenvalue weighted by molar-refractivity contribution is -0.115. The number of para-hydroxylation sites is 1. The third-order valence-corrected chi connectivity index (χ3v) is 4.51. The van der Waals surface area contributed by atoms with Gasteiger partial charge in [0.25, 0.3) is 5.91 Å². The van der Waals surface area contributed by atoms with Crippen molar-refractivity contribution in [3.63, 3.8) is 0 Å². The van der Waals surface area contributed by atoms with Gasteiger partial charge in [0.05, 0.1) is 20.8 Å². The molecule has 0 saturated carbocycles. The zero-order chi connectivity index (χ0) is 22.2. The molecule has 0 aliphatic rings. The number of benzene rings is 3. The highest BCUT2D eigenvalue weighted by atomic mass is 16.5. The summed E-state index contributed by atoms with van der Waals surface area (Å²) >= 11 is 0. The molecule has 0 heterocycles. The van der Waals surface area contributed by atoms with E-state index in [9.17, 15) is 9.59 Å². The zero-order valence-electron chi connectivity index (χ0n) is 17.6. The maximum absolute atomic E-state index is 12.4. The molecule has 3 rings (SSSR count). The van der Waals surface area contributed by atoms with Crippen LogP contribution in [0, 0.1) is 6.92 Å². The summed E-state index contributed by atoms with van der Waals surface area (Å²) in [7, 11) is 3.07. The maximum Gasteiger partial charge on any atom is 0.251 e. The number of anilines is 1. The Labute approximate surface area is 180 Å². The fraction of sp³-hybridized carbons (Fsp3) is 0.167. The molecule has 0 unspecified atom stereocenters. The van der Waals surface area contributed by atoms with Crippen molar-refractivity contribution in [2.24, 2.45) is 0 Å². The van der Waals surface area contributed by atoms with Gasteiger partial charge in [0.1, 0.15) is 11.5 Å². The van der Waals surface area contributed by atoms with Crippen molar-refractivity contribution in [1.29, 1.82) is 0 Å². The number of rotatable bonds is 8. The van der Waals surface area contributed by atoms with Crippen molar-refractivity contribution in [3.05, 3.63) is 77.9 Å². The fourth-order valence-corrected chi connectivity index (χ4v) is 2.87. The highest BCUT2D eigenvalue weighted by molar-refractivity contribution is 5.99. The van der Waals surface area contributed by atoms with Gasteiger partial charge >= 0.3 is 0 Å². The largest absolute Gasteiger partial charge is 0.493 e. The Hall–Kier alpha value is -4.00.